The molecule has 1 aliphatic carbocycles. The summed E-state index contributed by atoms with van der Waals surface area (Å²) in [5, 5.41) is 13.7. The highest BCUT2D eigenvalue weighted by Crippen LogP contribution is 2.26. The van der Waals surface area contributed by atoms with Crippen LogP contribution < -0.4 is 0 Å². The van der Waals surface area contributed by atoms with Gasteiger partial charge in [0.15, 0.2) is 0 Å². The summed E-state index contributed by atoms with van der Waals surface area (Å²) < 4.78 is 0.652. The summed E-state index contributed by atoms with van der Waals surface area (Å²) in [4.78, 5) is 0. The number of hydrogen-bond acceptors (Lipinski definition) is 2. The second kappa shape index (κ2) is 6.19. The zero-order valence-corrected chi connectivity index (χ0v) is 12.8. The molecule has 0 saturated heterocycles. The number of quaternary nitrogens is 1. The molecule has 1 unspecified atom stereocenters. The molecule has 0 radical (unpaired) electrons. The lowest BCUT2D eigenvalue weighted by Crippen LogP contribution is -2.33. The third-order valence-electron chi connectivity index (χ3n) is 3.70. The van der Waals surface area contributed by atoms with Crippen LogP contribution in [-0.4, -0.2) is 31.4 Å². The van der Waals surface area contributed by atoms with Crippen molar-refractivity contribution in [2.45, 2.75) is 32.1 Å². The van der Waals surface area contributed by atoms with E-state index in [0.29, 0.717) is 10.5 Å². The number of nitrogens with zero attached hydrogens (tertiary/aromatic N) is 3. The van der Waals surface area contributed by atoms with Gasteiger partial charge in [0.2, 0.25) is 0 Å². The Kier molecular flexibility index (Phi) is 4.57. The third kappa shape index (κ3) is 4.18. The van der Waals surface area contributed by atoms with Gasteiger partial charge in [0.1, 0.15) is 0 Å². The number of benzene rings is 1. The van der Waals surface area contributed by atoms with Crippen molar-refractivity contribution < 1.29 is 4.59 Å². The van der Waals surface area contributed by atoms with E-state index < -0.39 is 0 Å². The maximum atomic E-state index is 8.85. The SMILES string of the molecule is C[N+](C)(C)/N=C1\CCCCC1Cc1ccc(C#N)cc1. The fraction of sp³-hybridized carbons (Fsp3) is 0.529. The summed E-state index contributed by atoms with van der Waals surface area (Å²) >= 11 is 0. The minimum atomic E-state index is 0.564. The van der Waals surface area contributed by atoms with Crippen molar-refractivity contribution in [3.8, 4) is 6.07 Å². The summed E-state index contributed by atoms with van der Waals surface area (Å²) in [7, 11) is 6.33. The Morgan fingerprint density at radius 2 is 1.90 bits per heavy atom. The van der Waals surface area contributed by atoms with Crippen LogP contribution in [0.2, 0.25) is 0 Å². The fourth-order valence-corrected chi connectivity index (χ4v) is 2.80. The van der Waals surface area contributed by atoms with Gasteiger partial charge in [-0.05, 0) is 43.4 Å². The molecule has 0 bridgehead atoms. The first kappa shape index (κ1) is 14.7. The summed E-state index contributed by atoms with van der Waals surface area (Å²) in [6.07, 6.45) is 5.99. The first-order valence-electron chi connectivity index (χ1n) is 7.37. The van der Waals surface area contributed by atoms with Crippen LogP contribution in [0.5, 0.6) is 0 Å². The van der Waals surface area contributed by atoms with Crippen molar-refractivity contribution >= 4 is 5.71 Å². The number of rotatable bonds is 3. The van der Waals surface area contributed by atoms with Gasteiger partial charge in [-0.2, -0.15) is 5.26 Å². The average Bonchev–Trinajstić information content (AvgIpc) is 2.40. The maximum absolute atomic E-state index is 8.85. The van der Waals surface area contributed by atoms with Crippen LogP contribution in [0.25, 0.3) is 0 Å². The van der Waals surface area contributed by atoms with Crippen molar-refractivity contribution in [2.24, 2.45) is 11.0 Å². The molecule has 1 fully saturated rings. The fourth-order valence-electron chi connectivity index (χ4n) is 2.80. The largest absolute Gasteiger partial charge is 0.205 e. The van der Waals surface area contributed by atoms with E-state index in [1.165, 1.54) is 30.5 Å². The van der Waals surface area contributed by atoms with Crippen molar-refractivity contribution in [3.63, 3.8) is 0 Å². The number of hydrogen-bond donors (Lipinski definition) is 0. The van der Waals surface area contributed by atoms with Gasteiger partial charge in [-0.1, -0.05) is 23.7 Å². The standard InChI is InChI=1S/C17H24N3/c1-20(2,3)19-17-7-5-4-6-16(17)12-14-8-10-15(13-18)11-9-14/h8-11,16H,4-7,12H2,1-3H3/q+1/b19-17+. The van der Waals surface area contributed by atoms with E-state index in [-0.39, 0.29) is 0 Å². The molecule has 0 spiro atoms. The third-order valence-corrected chi connectivity index (χ3v) is 3.70. The van der Waals surface area contributed by atoms with Gasteiger partial charge < -0.3 is 0 Å². The van der Waals surface area contributed by atoms with Gasteiger partial charge in [-0.15, -0.1) is 0 Å². The molecular weight excluding hydrogens is 246 g/mol. The predicted octanol–water partition coefficient (Wildman–Crippen LogP) is 3.35. The first-order chi connectivity index (χ1) is 9.48. The van der Waals surface area contributed by atoms with Crippen molar-refractivity contribution in [3.05, 3.63) is 35.4 Å². The van der Waals surface area contributed by atoms with Gasteiger partial charge in [-0.3, -0.25) is 0 Å². The topological polar surface area (TPSA) is 36.1 Å². The van der Waals surface area contributed by atoms with E-state index in [1.807, 2.05) is 12.1 Å². The van der Waals surface area contributed by atoms with Gasteiger partial charge in [-0.25, -0.2) is 4.59 Å². The van der Waals surface area contributed by atoms with E-state index >= 15 is 0 Å². The molecule has 0 aliphatic heterocycles. The number of nitriles is 1. The van der Waals surface area contributed by atoms with Gasteiger partial charge in [0.05, 0.1) is 38.5 Å². The average molecular weight is 270 g/mol. The highest BCUT2D eigenvalue weighted by atomic mass is 15.6. The molecule has 1 aliphatic rings. The highest BCUT2D eigenvalue weighted by Gasteiger charge is 2.24. The molecule has 0 N–H and O–H groups in total. The molecule has 106 valence electrons. The minimum absolute atomic E-state index is 0.564. The maximum Gasteiger partial charge on any atom is 0.0991 e. The Morgan fingerprint density at radius 1 is 1.20 bits per heavy atom. The van der Waals surface area contributed by atoms with Crippen LogP contribution in [0.4, 0.5) is 0 Å². The normalized spacial score (nSPS) is 21.7. The lowest BCUT2D eigenvalue weighted by atomic mass is 9.83. The van der Waals surface area contributed by atoms with Gasteiger partial charge in [0.25, 0.3) is 0 Å². The van der Waals surface area contributed by atoms with Crippen molar-refractivity contribution in [1.29, 1.82) is 5.26 Å². The summed E-state index contributed by atoms with van der Waals surface area (Å²) in [6, 6.07) is 10.2. The first-order valence-corrected chi connectivity index (χ1v) is 7.37. The zero-order chi connectivity index (χ0) is 14.6. The van der Waals surface area contributed by atoms with E-state index in [9.17, 15) is 0 Å². The van der Waals surface area contributed by atoms with E-state index in [2.05, 4.69) is 39.3 Å². The van der Waals surface area contributed by atoms with Crippen LogP contribution in [0.15, 0.2) is 29.4 Å². The Morgan fingerprint density at radius 3 is 2.50 bits per heavy atom. The molecule has 3 heteroatoms. The molecule has 1 saturated carbocycles. The lowest BCUT2D eigenvalue weighted by Gasteiger charge is -2.26. The Labute approximate surface area is 122 Å². The molecule has 20 heavy (non-hydrogen) atoms. The Balaban J connectivity index is 2.12. The van der Waals surface area contributed by atoms with E-state index in [4.69, 9.17) is 10.4 Å². The molecule has 0 aromatic heterocycles. The predicted molar refractivity (Wildman–Crippen MR) is 82.3 cm³/mol. The van der Waals surface area contributed by atoms with Crippen LogP contribution in [0.1, 0.15) is 36.8 Å². The van der Waals surface area contributed by atoms with Crippen molar-refractivity contribution in [2.75, 3.05) is 21.1 Å². The molecule has 0 heterocycles. The Hall–Kier alpha value is -1.66. The van der Waals surface area contributed by atoms with E-state index in [1.54, 1.807) is 0 Å². The smallest absolute Gasteiger partial charge is 0.0991 e. The Bertz CT molecular complexity index is 515. The summed E-state index contributed by atoms with van der Waals surface area (Å²) in [6.45, 7) is 0. The summed E-state index contributed by atoms with van der Waals surface area (Å²) in [5.74, 6) is 0.564. The van der Waals surface area contributed by atoms with Crippen LogP contribution in [0.3, 0.4) is 0 Å². The monoisotopic (exact) mass is 270 g/mol. The molecule has 1 aromatic rings. The molecular formula is C17H24N3+. The van der Waals surface area contributed by atoms with Crippen molar-refractivity contribution in [1.82, 2.24) is 0 Å². The summed E-state index contributed by atoms with van der Waals surface area (Å²) in [5.41, 5.74) is 3.41. The van der Waals surface area contributed by atoms with Crippen LogP contribution in [0, 0.1) is 17.2 Å². The second-order valence-corrected chi connectivity index (χ2v) is 6.49. The van der Waals surface area contributed by atoms with Gasteiger partial charge >= 0.3 is 0 Å². The molecule has 1 atom stereocenters. The van der Waals surface area contributed by atoms with E-state index in [0.717, 1.165) is 18.4 Å². The van der Waals surface area contributed by atoms with Gasteiger partial charge in [0, 0.05) is 5.92 Å². The molecule has 0 amide bonds. The second-order valence-electron chi connectivity index (χ2n) is 6.49. The molecule has 1 aromatic carbocycles. The molecule has 2 rings (SSSR count). The van der Waals surface area contributed by atoms with Crippen LogP contribution in [-0.2, 0) is 6.42 Å². The molecule has 3 nitrogen and oxygen atoms in total. The quantitative estimate of drug-likeness (QED) is 0.613. The zero-order valence-electron chi connectivity index (χ0n) is 12.8. The van der Waals surface area contributed by atoms with Crippen LogP contribution >= 0.6 is 0 Å². The highest BCUT2D eigenvalue weighted by molar-refractivity contribution is 5.87. The minimum Gasteiger partial charge on any atom is -0.205 e. The lowest BCUT2D eigenvalue weighted by molar-refractivity contribution is -0.877.